The highest BCUT2D eigenvalue weighted by Gasteiger charge is 2.10. The molecule has 3 aromatic rings. The van der Waals surface area contributed by atoms with Crippen molar-refractivity contribution in [3.8, 4) is 0 Å². The average Bonchev–Trinajstić information content (AvgIpc) is 2.64. The van der Waals surface area contributed by atoms with Crippen LogP contribution in [0.15, 0.2) is 84.2 Å². The SMILES string of the molecule is Cc1ccccc1C(=O)NN=C(c1ccccc1)c1cccnc1. The van der Waals surface area contributed by atoms with Crippen molar-refractivity contribution in [1.82, 2.24) is 10.4 Å². The molecule has 4 nitrogen and oxygen atoms in total. The highest BCUT2D eigenvalue weighted by Crippen LogP contribution is 2.10. The number of carbonyl (C=O) groups excluding carboxylic acids is 1. The molecule has 0 aliphatic carbocycles. The minimum absolute atomic E-state index is 0.231. The van der Waals surface area contributed by atoms with Crippen molar-refractivity contribution in [2.45, 2.75) is 6.92 Å². The number of nitrogens with zero attached hydrogens (tertiary/aromatic N) is 2. The molecule has 118 valence electrons. The number of rotatable bonds is 4. The molecule has 0 aliphatic rings. The Kier molecular flexibility index (Phi) is 4.77. The van der Waals surface area contributed by atoms with Crippen molar-refractivity contribution in [3.63, 3.8) is 0 Å². The van der Waals surface area contributed by atoms with E-state index in [1.54, 1.807) is 18.5 Å². The molecule has 4 heteroatoms. The highest BCUT2D eigenvalue weighted by atomic mass is 16.2. The van der Waals surface area contributed by atoms with Crippen LogP contribution < -0.4 is 5.43 Å². The maximum atomic E-state index is 12.4. The van der Waals surface area contributed by atoms with Crippen LogP contribution in [0.4, 0.5) is 0 Å². The zero-order valence-electron chi connectivity index (χ0n) is 13.3. The Bertz CT molecular complexity index is 817. The molecule has 0 atom stereocenters. The minimum Gasteiger partial charge on any atom is -0.267 e. The summed E-state index contributed by atoms with van der Waals surface area (Å²) in [6, 6.07) is 20.9. The van der Waals surface area contributed by atoms with Crippen molar-refractivity contribution >= 4 is 11.6 Å². The zero-order chi connectivity index (χ0) is 16.8. The van der Waals surface area contributed by atoms with Crippen LogP contribution in [0.3, 0.4) is 0 Å². The number of nitrogens with one attached hydrogen (secondary N) is 1. The first-order valence-corrected chi connectivity index (χ1v) is 7.65. The summed E-state index contributed by atoms with van der Waals surface area (Å²) in [5, 5.41) is 4.36. The third kappa shape index (κ3) is 3.55. The van der Waals surface area contributed by atoms with Gasteiger partial charge in [-0.25, -0.2) is 5.43 Å². The summed E-state index contributed by atoms with van der Waals surface area (Å²) in [5.41, 5.74) is 6.61. The Morgan fingerprint density at radius 3 is 2.33 bits per heavy atom. The molecule has 0 fully saturated rings. The second-order valence-electron chi connectivity index (χ2n) is 5.32. The van der Waals surface area contributed by atoms with Crippen LogP contribution in [0.2, 0.25) is 0 Å². The molecule has 1 N–H and O–H groups in total. The van der Waals surface area contributed by atoms with Crippen molar-refractivity contribution in [1.29, 1.82) is 0 Å². The van der Waals surface area contributed by atoms with Crippen LogP contribution in [-0.4, -0.2) is 16.6 Å². The molecular formula is C20H17N3O. The lowest BCUT2D eigenvalue weighted by atomic mass is 10.0. The second kappa shape index (κ2) is 7.33. The summed E-state index contributed by atoms with van der Waals surface area (Å²) in [5.74, 6) is -0.231. The molecule has 0 radical (unpaired) electrons. The predicted octanol–water partition coefficient (Wildman–Crippen LogP) is 3.57. The Morgan fingerprint density at radius 2 is 1.62 bits per heavy atom. The van der Waals surface area contributed by atoms with Gasteiger partial charge in [0.25, 0.3) is 5.91 Å². The fourth-order valence-electron chi connectivity index (χ4n) is 2.39. The Labute approximate surface area is 140 Å². The highest BCUT2D eigenvalue weighted by molar-refractivity contribution is 6.13. The van der Waals surface area contributed by atoms with Gasteiger partial charge in [0.05, 0.1) is 5.71 Å². The van der Waals surface area contributed by atoms with E-state index in [1.807, 2.05) is 67.6 Å². The van der Waals surface area contributed by atoms with Crippen molar-refractivity contribution in [2.24, 2.45) is 5.10 Å². The molecule has 1 amide bonds. The van der Waals surface area contributed by atoms with E-state index < -0.39 is 0 Å². The predicted molar refractivity (Wildman–Crippen MR) is 95.0 cm³/mol. The van der Waals surface area contributed by atoms with E-state index in [2.05, 4.69) is 15.5 Å². The number of hydrazone groups is 1. The van der Waals surface area contributed by atoms with Gasteiger partial charge in [-0.05, 0) is 30.7 Å². The van der Waals surface area contributed by atoms with E-state index in [9.17, 15) is 4.79 Å². The van der Waals surface area contributed by atoms with Crippen molar-refractivity contribution in [2.75, 3.05) is 0 Å². The number of benzene rings is 2. The summed E-state index contributed by atoms with van der Waals surface area (Å²) in [6.45, 7) is 1.90. The van der Waals surface area contributed by atoms with Gasteiger partial charge in [-0.3, -0.25) is 9.78 Å². The molecule has 1 aromatic heterocycles. The quantitative estimate of drug-likeness (QED) is 0.591. The summed E-state index contributed by atoms with van der Waals surface area (Å²) in [6.07, 6.45) is 3.43. The number of carbonyl (C=O) groups is 1. The van der Waals surface area contributed by atoms with Crippen LogP contribution in [0, 0.1) is 6.92 Å². The molecule has 0 saturated heterocycles. The maximum absolute atomic E-state index is 12.4. The molecule has 0 aliphatic heterocycles. The molecule has 3 rings (SSSR count). The van der Waals surface area contributed by atoms with Gasteiger partial charge in [-0.2, -0.15) is 5.10 Å². The number of amides is 1. The average molecular weight is 315 g/mol. The maximum Gasteiger partial charge on any atom is 0.271 e. The van der Waals surface area contributed by atoms with Crippen LogP contribution in [-0.2, 0) is 0 Å². The lowest BCUT2D eigenvalue weighted by Gasteiger charge is -2.08. The molecule has 0 bridgehead atoms. The van der Waals surface area contributed by atoms with Crippen LogP contribution in [0.1, 0.15) is 27.0 Å². The van der Waals surface area contributed by atoms with Crippen LogP contribution in [0.5, 0.6) is 0 Å². The first-order chi connectivity index (χ1) is 11.8. The smallest absolute Gasteiger partial charge is 0.267 e. The number of hydrogen-bond acceptors (Lipinski definition) is 3. The summed E-state index contributed by atoms with van der Waals surface area (Å²) in [4.78, 5) is 16.5. The second-order valence-corrected chi connectivity index (χ2v) is 5.32. The summed E-state index contributed by atoms with van der Waals surface area (Å²) >= 11 is 0. The zero-order valence-corrected chi connectivity index (χ0v) is 13.3. The molecule has 0 spiro atoms. The Morgan fingerprint density at radius 1 is 0.917 bits per heavy atom. The molecule has 24 heavy (non-hydrogen) atoms. The fourth-order valence-corrected chi connectivity index (χ4v) is 2.39. The number of aromatic nitrogens is 1. The molecule has 0 saturated carbocycles. The standard InChI is InChI=1S/C20H17N3O/c1-15-8-5-6-12-18(15)20(24)23-22-19(16-9-3-2-4-10-16)17-11-7-13-21-14-17/h2-14H,1H3,(H,23,24). The molecule has 1 heterocycles. The fraction of sp³-hybridized carbons (Fsp3) is 0.0500. The van der Waals surface area contributed by atoms with E-state index in [4.69, 9.17) is 0 Å². The molecule has 2 aromatic carbocycles. The van der Waals surface area contributed by atoms with E-state index in [1.165, 1.54) is 0 Å². The van der Waals surface area contributed by atoms with E-state index in [0.717, 1.165) is 16.7 Å². The van der Waals surface area contributed by atoms with E-state index in [0.29, 0.717) is 11.3 Å². The van der Waals surface area contributed by atoms with Gasteiger partial charge in [-0.15, -0.1) is 0 Å². The van der Waals surface area contributed by atoms with Crippen molar-refractivity contribution in [3.05, 3.63) is 101 Å². The van der Waals surface area contributed by atoms with Gasteiger partial charge in [0.1, 0.15) is 0 Å². The van der Waals surface area contributed by atoms with Crippen molar-refractivity contribution < 1.29 is 4.79 Å². The summed E-state index contributed by atoms with van der Waals surface area (Å²) in [7, 11) is 0. The normalized spacial score (nSPS) is 11.1. The minimum atomic E-state index is -0.231. The Balaban J connectivity index is 1.93. The first-order valence-electron chi connectivity index (χ1n) is 7.65. The van der Waals surface area contributed by atoms with Gasteiger partial charge in [0.2, 0.25) is 0 Å². The third-order valence-electron chi connectivity index (χ3n) is 3.64. The number of pyridine rings is 1. The first kappa shape index (κ1) is 15.6. The van der Waals surface area contributed by atoms with E-state index in [-0.39, 0.29) is 5.91 Å². The third-order valence-corrected chi connectivity index (χ3v) is 3.64. The van der Waals surface area contributed by atoms with E-state index >= 15 is 0 Å². The molecular weight excluding hydrogens is 298 g/mol. The summed E-state index contributed by atoms with van der Waals surface area (Å²) < 4.78 is 0. The lowest BCUT2D eigenvalue weighted by Crippen LogP contribution is -2.21. The number of aryl methyl sites for hydroxylation is 1. The Hall–Kier alpha value is -3.27. The van der Waals surface area contributed by atoms with Crippen LogP contribution in [0.25, 0.3) is 0 Å². The van der Waals surface area contributed by atoms with Crippen LogP contribution >= 0.6 is 0 Å². The lowest BCUT2D eigenvalue weighted by molar-refractivity contribution is 0.0954. The van der Waals surface area contributed by atoms with Gasteiger partial charge in [0.15, 0.2) is 0 Å². The topological polar surface area (TPSA) is 54.4 Å². The monoisotopic (exact) mass is 315 g/mol. The van der Waals surface area contributed by atoms with Gasteiger partial charge >= 0.3 is 0 Å². The van der Waals surface area contributed by atoms with Gasteiger partial charge in [0, 0.05) is 29.1 Å². The largest absolute Gasteiger partial charge is 0.271 e. The van der Waals surface area contributed by atoms with Gasteiger partial charge < -0.3 is 0 Å². The van der Waals surface area contributed by atoms with Gasteiger partial charge in [-0.1, -0.05) is 48.5 Å². The number of hydrogen-bond donors (Lipinski definition) is 1. The molecule has 0 unspecified atom stereocenters.